The van der Waals surface area contributed by atoms with Crippen molar-refractivity contribution in [1.82, 2.24) is 9.80 Å². The fourth-order valence-corrected chi connectivity index (χ4v) is 3.73. The van der Waals surface area contributed by atoms with Gasteiger partial charge in [-0.1, -0.05) is 12.1 Å². The minimum atomic E-state index is -4.58. The van der Waals surface area contributed by atoms with E-state index in [1.165, 1.54) is 42.6 Å². The van der Waals surface area contributed by atoms with E-state index in [-0.39, 0.29) is 6.54 Å². The van der Waals surface area contributed by atoms with Gasteiger partial charge in [0.25, 0.3) is 5.91 Å². The number of hydrogen-bond donors (Lipinski definition) is 0. The van der Waals surface area contributed by atoms with E-state index in [0.29, 0.717) is 20.9 Å². The first-order chi connectivity index (χ1) is 13.1. The van der Waals surface area contributed by atoms with E-state index in [1.807, 2.05) is 6.07 Å². The molecule has 0 saturated heterocycles. The quantitative estimate of drug-likeness (QED) is 0.635. The predicted octanol–water partition coefficient (Wildman–Crippen LogP) is 4.05. The highest BCUT2D eigenvalue weighted by atomic mass is 79.9. The second-order valence-electron chi connectivity index (χ2n) is 5.94. The first-order valence-corrected chi connectivity index (χ1v) is 9.54. The molecule has 0 unspecified atom stereocenters. The van der Waals surface area contributed by atoms with Gasteiger partial charge in [0, 0.05) is 13.6 Å². The summed E-state index contributed by atoms with van der Waals surface area (Å²) in [6.45, 7) is -2.20. The average molecular weight is 474 g/mol. The number of likely N-dealkylation sites (N-methyl/N-ethyl adjacent to an activating group) is 1. The van der Waals surface area contributed by atoms with Crippen LogP contribution >= 0.6 is 27.3 Å². The number of rotatable bonds is 6. The third-order valence-electron chi connectivity index (χ3n) is 3.68. The van der Waals surface area contributed by atoms with Crippen LogP contribution in [0.2, 0.25) is 0 Å². The number of nitriles is 1. The molecule has 1 aromatic carbocycles. The van der Waals surface area contributed by atoms with E-state index in [4.69, 9.17) is 5.26 Å². The molecule has 0 aliphatic carbocycles. The van der Waals surface area contributed by atoms with E-state index in [9.17, 15) is 22.8 Å². The molecule has 0 bridgehead atoms. The van der Waals surface area contributed by atoms with Crippen LogP contribution in [0.4, 0.5) is 13.2 Å². The monoisotopic (exact) mass is 473 g/mol. The lowest BCUT2D eigenvalue weighted by molar-refractivity contribution is -0.162. The van der Waals surface area contributed by atoms with Crippen molar-refractivity contribution in [3.63, 3.8) is 0 Å². The van der Waals surface area contributed by atoms with Crippen LogP contribution in [0.3, 0.4) is 0 Å². The maximum atomic E-state index is 12.9. The summed E-state index contributed by atoms with van der Waals surface area (Å²) >= 11 is 4.40. The lowest BCUT2D eigenvalue weighted by Crippen LogP contribution is -2.44. The molecule has 5 nitrogen and oxygen atoms in total. The zero-order chi connectivity index (χ0) is 20.9. The fraction of sp³-hybridized carbons (Fsp3) is 0.278. The number of halogens is 4. The number of alkyl halides is 3. The molecule has 0 spiro atoms. The topological polar surface area (TPSA) is 64.4 Å². The van der Waals surface area contributed by atoms with E-state index in [2.05, 4.69) is 15.9 Å². The molecule has 0 N–H and O–H groups in total. The van der Waals surface area contributed by atoms with Crippen molar-refractivity contribution in [3.8, 4) is 6.07 Å². The van der Waals surface area contributed by atoms with E-state index in [1.54, 1.807) is 12.1 Å². The molecule has 0 aliphatic heterocycles. The van der Waals surface area contributed by atoms with Crippen molar-refractivity contribution < 1.29 is 22.8 Å². The molecule has 2 amide bonds. The molecule has 0 atom stereocenters. The van der Waals surface area contributed by atoms with Gasteiger partial charge < -0.3 is 9.80 Å². The average Bonchev–Trinajstić information content (AvgIpc) is 3.06. The summed E-state index contributed by atoms with van der Waals surface area (Å²) in [5.41, 5.74) is 0.817. The fourth-order valence-electron chi connectivity index (χ4n) is 2.35. The zero-order valence-corrected chi connectivity index (χ0v) is 17.1. The predicted molar refractivity (Wildman–Crippen MR) is 102 cm³/mol. The Morgan fingerprint density at radius 1 is 1.18 bits per heavy atom. The molecule has 0 radical (unpaired) electrons. The Balaban J connectivity index is 2.11. The number of carbonyl (C=O) groups is 2. The Morgan fingerprint density at radius 3 is 2.32 bits per heavy atom. The molecule has 0 saturated carbocycles. The van der Waals surface area contributed by atoms with Crippen LogP contribution in [-0.2, 0) is 11.3 Å². The van der Waals surface area contributed by atoms with Crippen LogP contribution in [0.15, 0.2) is 40.2 Å². The first kappa shape index (κ1) is 21.9. The molecular formula is C18H15BrF3N3O2S. The van der Waals surface area contributed by atoms with E-state index >= 15 is 0 Å². The van der Waals surface area contributed by atoms with Crippen molar-refractivity contribution in [2.45, 2.75) is 12.7 Å². The largest absolute Gasteiger partial charge is 0.406 e. The van der Waals surface area contributed by atoms with Crippen LogP contribution in [0, 0.1) is 11.3 Å². The summed E-state index contributed by atoms with van der Waals surface area (Å²) in [7, 11) is 1.36. The second-order valence-corrected chi connectivity index (χ2v) is 8.40. The molecule has 28 heavy (non-hydrogen) atoms. The molecule has 1 aromatic heterocycles. The maximum absolute atomic E-state index is 12.9. The zero-order valence-electron chi connectivity index (χ0n) is 14.7. The maximum Gasteiger partial charge on any atom is 0.406 e. The summed E-state index contributed by atoms with van der Waals surface area (Å²) in [6, 6.07) is 11.1. The first-order valence-electron chi connectivity index (χ1n) is 7.93. The summed E-state index contributed by atoms with van der Waals surface area (Å²) in [5.74, 6) is -1.28. The molecule has 148 valence electrons. The minimum absolute atomic E-state index is 0.281. The molecule has 2 rings (SSSR count). The van der Waals surface area contributed by atoms with Crippen LogP contribution < -0.4 is 0 Å². The number of thiophene rings is 1. The Bertz CT molecular complexity index is 891. The highest BCUT2D eigenvalue weighted by Gasteiger charge is 2.33. The Labute approximate surface area is 172 Å². The Hall–Kier alpha value is -2.38. The van der Waals surface area contributed by atoms with Gasteiger partial charge in [0.05, 0.1) is 26.8 Å². The van der Waals surface area contributed by atoms with Crippen LogP contribution in [0.25, 0.3) is 0 Å². The van der Waals surface area contributed by atoms with Gasteiger partial charge in [-0.25, -0.2) is 0 Å². The van der Waals surface area contributed by atoms with E-state index < -0.39 is 31.1 Å². The number of amides is 2. The standard InChI is InChI=1S/C18H15BrF3N3O2S/c1-24(17(27)14-6-7-15(19)28-14)10-16(26)25(11-18(20,21)22)9-13-4-2-12(8-23)3-5-13/h2-7H,9-11H2,1H3. The van der Waals surface area contributed by atoms with Crippen LogP contribution in [-0.4, -0.2) is 47.9 Å². The molecule has 0 fully saturated rings. The lowest BCUT2D eigenvalue weighted by atomic mass is 10.1. The molecule has 0 aliphatic rings. The van der Waals surface area contributed by atoms with Crippen LogP contribution in [0.5, 0.6) is 0 Å². The van der Waals surface area contributed by atoms with Crippen molar-refractivity contribution >= 4 is 39.1 Å². The van der Waals surface area contributed by atoms with Gasteiger partial charge >= 0.3 is 6.18 Å². The second kappa shape index (κ2) is 9.21. The third kappa shape index (κ3) is 6.35. The summed E-state index contributed by atoms with van der Waals surface area (Å²) in [6.07, 6.45) is -4.58. The summed E-state index contributed by atoms with van der Waals surface area (Å²) in [5, 5.41) is 8.80. The van der Waals surface area contributed by atoms with E-state index in [0.717, 1.165) is 8.69 Å². The molecular weight excluding hydrogens is 459 g/mol. The number of carbonyl (C=O) groups excluding carboxylic acids is 2. The van der Waals surface area contributed by atoms with Gasteiger partial charge in [-0.3, -0.25) is 9.59 Å². The van der Waals surface area contributed by atoms with Crippen molar-refractivity contribution in [2.75, 3.05) is 20.1 Å². The molecule has 10 heteroatoms. The highest BCUT2D eigenvalue weighted by Crippen LogP contribution is 2.23. The van der Waals surface area contributed by atoms with Crippen molar-refractivity contribution in [1.29, 1.82) is 5.26 Å². The third-order valence-corrected chi connectivity index (χ3v) is 5.29. The number of benzene rings is 1. The van der Waals surface area contributed by atoms with Gasteiger partial charge in [0.1, 0.15) is 6.54 Å². The Kier molecular flexibility index (Phi) is 7.21. The smallest absolute Gasteiger partial charge is 0.332 e. The Morgan fingerprint density at radius 2 is 1.82 bits per heavy atom. The van der Waals surface area contributed by atoms with Crippen LogP contribution in [0.1, 0.15) is 20.8 Å². The SMILES string of the molecule is CN(CC(=O)N(Cc1ccc(C#N)cc1)CC(F)(F)F)C(=O)c1ccc(Br)s1. The number of nitrogens with zero attached hydrogens (tertiary/aromatic N) is 3. The summed E-state index contributed by atoms with van der Waals surface area (Å²) < 4.78 is 39.5. The molecule has 2 aromatic rings. The lowest BCUT2D eigenvalue weighted by Gasteiger charge is -2.26. The molecule has 1 heterocycles. The van der Waals surface area contributed by atoms with Gasteiger partial charge in [-0.15, -0.1) is 11.3 Å². The minimum Gasteiger partial charge on any atom is -0.332 e. The van der Waals surface area contributed by atoms with Gasteiger partial charge in [-0.05, 0) is 45.8 Å². The summed E-state index contributed by atoms with van der Waals surface area (Å²) in [4.78, 5) is 26.9. The van der Waals surface area contributed by atoms with Gasteiger partial charge in [0.15, 0.2) is 0 Å². The van der Waals surface area contributed by atoms with Gasteiger partial charge in [-0.2, -0.15) is 18.4 Å². The van der Waals surface area contributed by atoms with Gasteiger partial charge in [0.2, 0.25) is 5.91 Å². The van der Waals surface area contributed by atoms with Crippen molar-refractivity contribution in [2.24, 2.45) is 0 Å². The van der Waals surface area contributed by atoms with Crippen molar-refractivity contribution in [3.05, 3.63) is 56.2 Å². The highest BCUT2D eigenvalue weighted by molar-refractivity contribution is 9.11. The number of hydrogen-bond acceptors (Lipinski definition) is 4. The normalized spacial score (nSPS) is 11.0.